The maximum atomic E-state index is 12.0. The third-order valence-electron chi connectivity index (χ3n) is 6.67. The van der Waals surface area contributed by atoms with E-state index in [1.54, 1.807) is 0 Å². The molecule has 2 N–H and O–H groups in total. The fourth-order valence-corrected chi connectivity index (χ4v) is 6.36. The first-order valence-electron chi connectivity index (χ1n) is 12.3. The molecule has 0 spiro atoms. The van der Waals surface area contributed by atoms with Crippen molar-refractivity contribution in [2.75, 3.05) is 24.7 Å². The lowest BCUT2D eigenvalue weighted by Gasteiger charge is -2.22. The number of aliphatic carboxylic acids is 1. The fraction of sp³-hybridized carbons (Fsp3) is 0.407. The van der Waals surface area contributed by atoms with E-state index < -0.39 is 21.7 Å². The molecule has 36 heavy (non-hydrogen) atoms. The molecule has 1 fully saturated rings. The van der Waals surface area contributed by atoms with E-state index in [2.05, 4.69) is 34.6 Å². The van der Waals surface area contributed by atoms with Gasteiger partial charge in [0.25, 0.3) is 0 Å². The molecule has 0 atom stereocenters. The summed E-state index contributed by atoms with van der Waals surface area (Å²) in [5, 5.41) is 14.7. The Labute approximate surface area is 217 Å². The number of carboxylic acids is 1. The van der Waals surface area contributed by atoms with E-state index >= 15 is 0 Å². The predicted octanol–water partition coefficient (Wildman–Crippen LogP) is 5.36. The van der Waals surface area contributed by atoms with Crippen molar-refractivity contribution in [1.29, 1.82) is 0 Å². The minimum atomic E-state index is -3.86. The lowest BCUT2D eigenvalue weighted by atomic mass is 9.84. The zero-order chi connectivity index (χ0) is 25.5. The summed E-state index contributed by atoms with van der Waals surface area (Å²) >= 11 is 1.35. The van der Waals surface area contributed by atoms with Crippen LogP contribution in [0.15, 0.2) is 53.9 Å². The predicted molar refractivity (Wildman–Crippen MR) is 145 cm³/mol. The van der Waals surface area contributed by atoms with Crippen LogP contribution < -0.4 is 5.32 Å². The Balaban J connectivity index is 1.27. The number of sulfonamides is 1. The third kappa shape index (κ3) is 7.15. The summed E-state index contributed by atoms with van der Waals surface area (Å²) in [6.07, 6.45) is 7.70. The Kier molecular flexibility index (Phi) is 8.77. The number of hydrogen-bond donors (Lipinski definition) is 2. The van der Waals surface area contributed by atoms with Crippen molar-refractivity contribution in [3.63, 3.8) is 0 Å². The molecule has 1 aliphatic carbocycles. The van der Waals surface area contributed by atoms with Gasteiger partial charge in [-0.15, -0.1) is 11.3 Å². The average Bonchev–Trinajstić information content (AvgIpc) is 3.33. The fourth-order valence-electron chi connectivity index (χ4n) is 4.57. The number of benzene rings is 2. The van der Waals surface area contributed by atoms with Gasteiger partial charge in [0.2, 0.25) is 10.0 Å². The van der Waals surface area contributed by atoms with Crippen molar-refractivity contribution in [2.24, 2.45) is 0 Å². The summed E-state index contributed by atoms with van der Waals surface area (Å²) in [6.45, 7) is 0.891. The summed E-state index contributed by atoms with van der Waals surface area (Å²) in [4.78, 5) is 15.3. The van der Waals surface area contributed by atoms with E-state index in [4.69, 9.17) is 5.11 Å². The van der Waals surface area contributed by atoms with E-state index in [1.807, 2.05) is 29.6 Å². The second-order valence-electron chi connectivity index (χ2n) is 9.36. The number of rotatable bonds is 11. The van der Waals surface area contributed by atoms with Crippen molar-refractivity contribution in [2.45, 2.75) is 51.0 Å². The summed E-state index contributed by atoms with van der Waals surface area (Å²) in [5.41, 5.74) is 5.57. The van der Waals surface area contributed by atoms with Crippen LogP contribution in [-0.4, -0.2) is 48.1 Å². The van der Waals surface area contributed by atoms with Gasteiger partial charge in [-0.05, 0) is 48.4 Å². The van der Waals surface area contributed by atoms with Gasteiger partial charge in [-0.1, -0.05) is 55.7 Å². The van der Waals surface area contributed by atoms with Crippen LogP contribution in [-0.2, 0) is 27.8 Å². The third-order valence-corrected chi connectivity index (χ3v) is 9.19. The highest BCUT2D eigenvalue weighted by molar-refractivity contribution is 7.89. The standard InChI is InChI=1S/C27H33N3O4S2/c1-30(36(33,34)19-27(31)32)17-26-29-25(18-35-26)23-11-13-24(14-12-23)28-16-15-20-7-9-22(10-8-20)21-5-3-2-4-6-21/h7-14,18,21,28H,2-6,15-17,19H2,1H3,(H,31,32). The van der Waals surface area contributed by atoms with Gasteiger partial charge in [0.15, 0.2) is 5.75 Å². The van der Waals surface area contributed by atoms with Gasteiger partial charge in [-0.2, -0.15) is 4.31 Å². The zero-order valence-electron chi connectivity index (χ0n) is 20.5. The molecule has 0 radical (unpaired) electrons. The maximum absolute atomic E-state index is 12.0. The molecule has 4 rings (SSSR count). The topological polar surface area (TPSA) is 99.6 Å². The van der Waals surface area contributed by atoms with Crippen LogP contribution in [0.5, 0.6) is 0 Å². The first-order valence-corrected chi connectivity index (χ1v) is 14.8. The highest BCUT2D eigenvalue weighted by atomic mass is 32.2. The molecular formula is C27H33N3O4S2. The Morgan fingerprint density at radius 3 is 2.44 bits per heavy atom. The van der Waals surface area contributed by atoms with E-state index in [0.29, 0.717) is 5.01 Å². The van der Waals surface area contributed by atoms with Crippen LogP contribution in [0.4, 0.5) is 5.69 Å². The van der Waals surface area contributed by atoms with Gasteiger partial charge >= 0.3 is 5.97 Å². The molecule has 9 heteroatoms. The highest BCUT2D eigenvalue weighted by Crippen LogP contribution is 2.32. The van der Waals surface area contributed by atoms with Gasteiger partial charge in [0.05, 0.1) is 12.2 Å². The lowest BCUT2D eigenvalue weighted by molar-refractivity contribution is -0.134. The van der Waals surface area contributed by atoms with Crippen LogP contribution >= 0.6 is 11.3 Å². The minimum absolute atomic E-state index is 0.0432. The van der Waals surface area contributed by atoms with Crippen molar-refractivity contribution < 1.29 is 18.3 Å². The van der Waals surface area contributed by atoms with Crippen molar-refractivity contribution in [3.05, 3.63) is 70.0 Å². The van der Waals surface area contributed by atoms with E-state index in [-0.39, 0.29) is 6.54 Å². The van der Waals surface area contributed by atoms with Crippen LogP contribution in [0, 0.1) is 0 Å². The molecule has 3 aromatic rings. The first kappa shape index (κ1) is 26.3. The van der Waals surface area contributed by atoms with Crippen LogP contribution in [0.25, 0.3) is 11.3 Å². The number of carbonyl (C=O) groups is 1. The molecule has 1 aromatic heterocycles. The molecule has 1 heterocycles. The van der Waals surface area contributed by atoms with Gasteiger partial charge in [0.1, 0.15) is 5.01 Å². The number of nitrogens with zero attached hydrogens (tertiary/aromatic N) is 2. The second-order valence-corrected chi connectivity index (χ2v) is 12.4. The van der Waals surface area contributed by atoms with Gasteiger partial charge in [-0.25, -0.2) is 13.4 Å². The van der Waals surface area contributed by atoms with Crippen LogP contribution in [0.2, 0.25) is 0 Å². The largest absolute Gasteiger partial charge is 0.480 e. The molecule has 2 aromatic carbocycles. The van der Waals surface area contributed by atoms with E-state index in [9.17, 15) is 13.2 Å². The molecule has 0 amide bonds. The Bertz CT molecular complexity index is 1250. The van der Waals surface area contributed by atoms with Crippen molar-refractivity contribution >= 4 is 33.0 Å². The molecule has 192 valence electrons. The Morgan fingerprint density at radius 2 is 1.78 bits per heavy atom. The number of nitrogens with one attached hydrogen (secondary N) is 1. The molecule has 0 saturated heterocycles. The molecule has 7 nitrogen and oxygen atoms in total. The smallest absolute Gasteiger partial charge is 0.320 e. The molecule has 0 unspecified atom stereocenters. The maximum Gasteiger partial charge on any atom is 0.320 e. The summed E-state index contributed by atoms with van der Waals surface area (Å²) in [5.74, 6) is -1.56. The summed E-state index contributed by atoms with van der Waals surface area (Å²) in [7, 11) is -2.50. The number of aromatic nitrogens is 1. The van der Waals surface area contributed by atoms with Gasteiger partial charge in [0, 0.05) is 30.2 Å². The number of hydrogen-bond acceptors (Lipinski definition) is 6. The highest BCUT2D eigenvalue weighted by Gasteiger charge is 2.23. The van der Waals surface area contributed by atoms with Crippen LogP contribution in [0.1, 0.15) is 54.2 Å². The lowest BCUT2D eigenvalue weighted by Crippen LogP contribution is -2.31. The zero-order valence-corrected chi connectivity index (χ0v) is 22.2. The Morgan fingerprint density at radius 1 is 1.08 bits per heavy atom. The van der Waals surface area contributed by atoms with Crippen LogP contribution in [0.3, 0.4) is 0 Å². The molecular weight excluding hydrogens is 494 g/mol. The monoisotopic (exact) mass is 527 g/mol. The number of anilines is 1. The molecule has 0 aliphatic heterocycles. The normalized spacial score (nSPS) is 14.7. The van der Waals surface area contributed by atoms with Gasteiger partial charge < -0.3 is 10.4 Å². The molecule has 1 saturated carbocycles. The molecule has 1 aliphatic rings. The SMILES string of the molecule is CN(Cc1nc(-c2ccc(NCCc3ccc(C4CCCCC4)cc3)cc2)cs1)S(=O)(=O)CC(=O)O. The summed E-state index contributed by atoms with van der Waals surface area (Å²) < 4.78 is 25.1. The van der Waals surface area contributed by atoms with Crippen molar-refractivity contribution in [1.82, 2.24) is 9.29 Å². The molecule has 0 bridgehead atoms. The van der Waals surface area contributed by atoms with E-state index in [1.165, 1.54) is 61.6 Å². The second kappa shape index (κ2) is 12.0. The van der Waals surface area contributed by atoms with Gasteiger partial charge in [-0.3, -0.25) is 4.79 Å². The first-order chi connectivity index (χ1) is 17.3. The van der Waals surface area contributed by atoms with E-state index in [0.717, 1.165) is 40.1 Å². The number of carboxylic acid groups (broad SMARTS) is 1. The minimum Gasteiger partial charge on any atom is -0.480 e. The quantitative estimate of drug-likeness (QED) is 0.348. The Hall–Kier alpha value is -2.75. The van der Waals surface area contributed by atoms with Crippen molar-refractivity contribution in [3.8, 4) is 11.3 Å². The average molecular weight is 528 g/mol. The summed E-state index contributed by atoms with van der Waals surface area (Å²) in [6, 6.07) is 17.2. The number of thiazole rings is 1.